The van der Waals surface area contributed by atoms with Crippen LogP contribution in [0.25, 0.3) is 0 Å². The predicted molar refractivity (Wildman–Crippen MR) is 78.9 cm³/mol. The van der Waals surface area contributed by atoms with Crippen molar-refractivity contribution >= 4 is 34.1 Å². The van der Waals surface area contributed by atoms with Gasteiger partial charge in [-0.1, -0.05) is 43.9 Å². The average molecular weight is 283 g/mol. The Kier molecular flexibility index (Phi) is 5.66. The van der Waals surface area contributed by atoms with E-state index < -0.39 is 0 Å². The molecule has 0 aromatic carbocycles. The van der Waals surface area contributed by atoms with Gasteiger partial charge in [0, 0.05) is 4.75 Å². The zero-order valence-corrected chi connectivity index (χ0v) is 12.4. The lowest BCUT2D eigenvalue weighted by atomic mass is 10.3. The molecule has 0 atom stereocenters. The molecular weight excluding hydrogens is 266 g/mol. The van der Waals surface area contributed by atoms with Gasteiger partial charge in [0.05, 0.1) is 23.4 Å². The monoisotopic (exact) mass is 283 g/mol. The maximum absolute atomic E-state index is 11.7. The molecule has 0 aliphatic rings. The molecule has 0 bridgehead atoms. The SMILES string of the molecule is CC(C)(C)SCC(=O)Nc1ncc(C#CCN)s1. The van der Waals surface area contributed by atoms with E-state index in [-0.39, 0.29) is 10.7 Å². The molecule has 98 valence electrons. The predicted octanol–water partition coefficient (Wildman–Crippen LogP) is 1.92. The summed E-state index contributed by atoms with van der Waals surface area (Å²) in [7, 11) is 0. The van der Waals surface area contributed by atoms with E-state index in [2.05, 4.69) is 42.9 Å². The van der Waals surface area contributed by atoms with Gasteiger partial charge in [-0.2, -0.15) is 0 Å². The largest absolute Gasteiger partial charge is 0.320 e. The molecule has 18 heavy (non-hydrogen) atoms. The summed E-state index contributed by atoms with van der Waals surface area (Å²) in [5, 5.41) is 3.34. The van der Waals surface area contributed by atoms with E-state index in [1.807, 2.05) is 0 Å². The number of anilines is 1. The summed E-state index contributed by atoms with van der Waals surface area (Å²) in [4.78, 5) is 16.6. The number of amides is 1. The van der Waals surface area contributed by atoms with Gasteiger partial charge in [0.15, 0.2) is 5.13 Å². The minimum absolute atomic E-state index is 0.0393. The quantitative estimate of drug-likeness (QED) is 0.832. The molecule has 1 aromatic rings. The third kappa shape index (κ3) is 6.05. The number of thioether (sulfide) groups is 1. The molecule has 1 heterocycles. The summed E-state index contributed by atoms with van der Waals surface area (Å²) in [6.07, 6.45) is 1.64. The average Bonchev–Trinajstić information content (AvgIpc) is 2.70. The highest BCUT2D eigenvalue weighted by Gasteiger charge is 2.14. The molecule has 4 nitrogen and oxygen atoms in total. The van der Waals surface area contributed by atoms with Crippen molar-refractivity contribution in [3.05, 3.63) is 11.1 Å². The normalized spacial score (nSPS) is 10.7. The third-order valence-electron chi connectivity index (χ3n) is 1.70. The standard InChI is InChI=1S/C12H17N3OS2/c1-12(2,3)17-8-10(16)15-11-14-7-9(18-11)5-4-6-13/h7H,6,8,13H2,1-3H3,(H,14,15,16). The molecule has 0 radical (unpaired) electrons. The maximum Gasteiger partial charge on any atom is 0.236 e. The minimum Gasteiger partial charge on any atom is -0.320 e. The number of hydrogen-bond donors (Lipinski definition) is 2. The highest BCUT2D eigenvalue weighted by molar-refractivity contribution is 8.01. The van der Waals surface area contributed by atoms with E-state index in [1.165, 1.54) is 11.3 Å². The first kappa shape index (κ1) is 15.0. The van der Waals surface area contributed by atoms with Gasteiger partial charge in [-0.15, -0.1) is 11.8 Å². The lowest BCUT2D eigenvalue weighted by molar-refractivity contribution is -0.113. The Morgan fingerprint density at radius 1 is 1.61 bits per heavy atom. The molecule has 1 aromatic heterocycles. The molecule has 1 rings (SSSR count). The number of carbonyl (C=O) groups is 1. The summed E-state index contributed by atoms with van der Waals surface area (Å²) in [5.41, 5.74) is 5.28. The van der Waals surface area contributed by atoms with Crippen LogP contribution in [0.4, 0.5) is 5.13 Å². The van der Waals surface area contributed by atoms with Crippen molar-refractivity contribution in [3.8, 4) is 11.8 Å². The number of aromatic nitrogens is 1. The Hall–Kier alpha value is -1.03. The third-order valence-corrected chi connectivity index (χ3v) is 3.80. The van der Waals surface area contributed by atoms with Gasteiger partial charge in [0.1, 0.15) is 0 Å². The van der Waals surface area contributed by atoms with Gasteiger partial charge in [0.2, 0.25) is 5.91 Å². The first-order valence-corrected chi connectivity index (χ1v) is 7.29. The van der Waals surface area contributed by atoms with E-state index in [0.29, 0.717) is 17.4 Å². The van der Waals surface area contributed by atoms with Gasteiger partial charge in [-0.05, 0) is 0 Å². The number of nitrogens with zero attached hydrogens (tertiary/aromatic N) is 1. The number of thiazole rings is 1. The van der Waals surface area contributed by atoms with Crippen molar-refractivity contribution in [2.24, 2.45) is 5.73 Å². The lowest BCUT2D eigenvalue weighted by Crippen LogP contribution is -2.18. The maximum atomic E-state index is 11.7. The van der Waals surface area contributed by atoms with E-state index in [9.17, 15) is 4.79 Å². The molecule has 6 heteroatoms. The van der Waals surface area contributed by atoms with Crippen molar-refractivity contribution in [1.29, 1.82) is 0 Å². The summed E-state index contributed by atoms with van der Waals surface area (Å²) < 4.78 is 0.0813. The van der Waals surface area contributed by atoms with Crippen molar-refractivity contribution in [3.63, 3.8) is 0 Å². The molecular formula is C12H17N3OS2. The molecule has 0 aliphatic carbocycles. The topological polar surface area (TPSA) is 68.0 Å². The Morgan fingerprint density at radius 3 is 2.94 bits per heavy atom. The Balaban J connectivity index is 2.47. The van der Waals surface area contributed by atoms with E-state index in [4.69, 9.17) is 5.73 Å². The molecule has 0 unspecified atom stereocenters. The van der Waals surface area contributed by atoms with Crippen LogP contribution in [-0.2, 0) is 4.79 Å². The fraction of sp³-hybridized carbons (Fsp3) is 0.500. The highest BCUT2D eigenvalue weighted by Crippen LogP contribution is 2.23. The zero-order valence-electron chi connectivity index (χ0n) is 10.7. The minimum atomic E-state index is -0.0393. The van der Waals surface area contributed by atoms with Crippen molar-refractivity contribution in [2.45, 2.75) is 25.5 Å². The molecule has 0 saturated heterocycles. The van der Waals surface area contributed by atoms with Gasteiger partial charge in [-0.25, -0.2) is 4.98 Å². The summed E-state index contributed by atoms with van der Waals surface area (Å²) >= 11 is 2.95. The first-order valence-electron chi connectivity index (χ1n) is 5.49. The van der Waals surface area contributed by atoms with Crippen molar-refractivity contribution in [2.75, 3.05) is 17.6 Å². The van der Waals surface area contributed by atoms with Crippen molar-refractivity contribution < 1.29 is 4.79 Å². The highest BCUT2D eigenvalue weighted by atomic mass is 32.2. The molecule has 0 spiro atoms. The smallest absolute Gasteiger partial charge is 0.236 e. The Morgan fingerprint density at radius 2 is 2.33 bits per heavy atom. The summed E-state index contributed by atoms with van der Waals surface area (Å²) in [6.45, 7) is 6.56. The number of hydrogen-bond acceptors (Lipinski definition) is 5. The summed E-state index contributed by atoms with van der Waals surface area (Å²) in [5.74, 6) is 6.01. The van der Waals surface area contributed by atoms with Crippen LogP contribution < -0.4 is 11.1 Å². The summed E-state index contributed by atoms with van der Waals surface area (Å²) in [6, 6.07) is 0. The Labute approximate surface area is 116 Å². The second kappa shape index (κ2) is 6.78. The van der Waals surface area contributed by atoms with E-state index >= 15 is 0 Å². The molecule has 0 aliphatic heterocycles. The molecule has 0 saturated carbocycles. The zero-order chi connectivity index (χ0) is 13.6. The molecule has 3 N–H and O–H groups in total. The van der Waals surface area contributed by atoms with Crippen LogP contribution in [0.5, 0.6) is 0 Å². The first-order chi connectivity index (χ1) is 8.40. The van der Waals surface area contributed by atoms with Crippen LogP contribution in [0.3, 0.4) is 0 Å². The lowest BCUT2D eigenvalue weighted by Gasteiger charge is -2.16. The second-order valence-corrected chi connectivity index (χ2v) is 7.32. The van der Waals surface area contributed by atoms with Crippen molar-refractivity contribution in [1.82, 2.24) is 4.98 Å². The number of rotatable bonds is 3. The fourth-order valence-electron chi connectivity index (χ4n) is 0.965. The van der Waals surface area contributed by atoms with E-state index in [1.54, 1.807) is 18.0 Å². The second-order valence-electron chi connectivity index (χ2n) is 4.48. The van der Waals surface area contributed by atoms with Crippen LogP contribution in [0.15, 0.2) is 6.20 Å². The number of nitrogens with one attached hydrogen (secondary N) is 1. The van der Waals surface area contributed by atoms with Crippen LogP contribution in [0.2, 0.25) is 0 Å². The van der Waals surface area contributed by atoms with Crippen LogP contribution >= 0.6 is 23.1 Å². The van der Waals surface area contributed by atoms with Gasteiger partial charge >= 0.3 is 0 Å². The molecule has 1 amide bonds. The fourth-order valence-corrected chi connectivity index (χ4v) is 2.31. The van der Waals surface area contributed by atoms with E-state index in [0.717, 1.165) is 4.88 Å². The van der Waals surface area contributed by atoms with Crippen LogP contribution in [-0.4, -0.2) is 27.9 Å². The van der Waals surface area contributed by atoms with Crippen LogP contribution in [0, 0.1) is 11.8 Å². The van der Waals surface area contributed by atoms with Gasteiger partial charge < -0.3 is 11.1 Å². The van der Waals surface area contributed by atoms with Gasteiger partial charge in [-0.3, -0.25) is 4.79 Å². The number of nitrogens with two attached hydrogens (primary N) is 1. The Bertz CT molecular complexity index is 466. The number of carbonyl (C=O) groups excluding carboxylic acids is 1. The van der Waals surface area contributed by atoms with Crippen LogP contribution in [0.1, 0.15) is 25.6 Å². The molecule has 0 fully saturated rings. The van der Waals surface area contributed by atoms with Gasteiger partial charge in [0.25, 0.3) is 0 Å².